The first kappa shape index (κ1) is 16.3. The highest BCUT2D eigenvalue weighted by atomic mass is 16.6. The maximum Gasteiger partial charge on any atom is 0.410 e. The number of benzene rings is 1. The first-order chi connectivity index (χ1) is 10.8. The Morgan fingerprint density at radius 2 is 1.96 bits per heavy atom. The van der Waals surface area contributed by atoms with Gasteiger partial charge in [0.05, 0.1) is 0 Å². The van der Waals surface area contributed by atoms with Gasteiger partial charge in [0.15, 0.2) is 0 Å². The van der Waals surface area contributed by atoms with E-state index in [0.717, 1.165) is 25.8 Å². The topological polar surface area (TPSA) is 55.6 Å². The molecule has 0 aromatic heterocycles. The van der Waals surface area contributed by atoms with Gasteiger partial charge in [-0.2, -0.15) is 0 Å². The van der Waals surface area contributed by atoms with Crippen LogP contribution in [0.15, 0.2) is 30.3 Å². The van der Waals surface area contributed by atoms with Crippen LogP contribution in [0.5, 0.6) is 0 Å². The van der Waals surface area contributed by atoms with Gasteiger partial charge in [0, 0.05) is 23.9 Å². The normalized spacial score (nSPS) is 24.9. The molecule has 2 saturated carbocycles. The van der Waals surface area contributed by atoms with Crippen LogP contribution < -0.4 is 5.73 Å². The van der Waals surface area contributed by atoms with Crippen LogP contribution in [0.2, 0.25) is 0 Å². The van der Waals surface area contributed by atoms with Crippen molar-refractivity contribution in [3.63, 3.8) is 0 Å². The Balaban J connectivity index is 1.72. The fraction of sp³-hybridized carbons (Fsp3) is 0.632. The van der Waals surface area contributed by atoms with Gasteiger partial charge < -0.3 is 15.4 Å². The molecule has 2 aliphatic rings. The van der Waals surface area contributed by atoms with E-state index >= 15 is 0 Å². The van der Waals surface area contributed by atoms with E-state index in [-0.39, 0.29) is 17.6 Å². The molecule has 2 N–H and O–H groups in total. The van der Waals surface area contributed by atoms with Crippen molar-refractivity contribution in [3.05, 3.63) is 35.9 Å². The molecular formula is C19H28N2O2. The largest absolute Gasteiger partial charge is 0.444 e. The Hall–Kier alpha value is -1.55. The summed E-state index contributed by atoms with van der Waals surface area (Å²) < 4.78 is 5.65. The van der Waals surface area contributed by atoms with Crippen LogP contribution >= 0.6 is 0 Å². The van der Waals surface area contributed by atoms with Gasteiger partial charge in [0.1, 0.15) is 5.60 Å². The fourth-order valence-corrected chi connectivity index (χ4v) is 3.19. The van der Waals surface area contributed by atoms with E-state index in [4.69, 9.17) is 10.5 Å². The van der Waals surface area contributed by atoms with Gasteiger partial charge in [-0.25, -0.2) is 4.79 Å². The van der Waals surface area contributed by atoms with E-state index in [0.29, 0.717) is 12.5 Å². The van der Waals surface area contributed by atoms with Crippen LogP contribution in [0, 0.1) is 5.41 Å². The van der Waals surface area contributed by atoms with Gasteiger partial charge in [0.25, 0.3) is 0 Å². The Kier molecular flexibility index (Phi) is 4.13. The van der Waals surface area contributed by atoms with Crippen molar-refractivity contribution in [1.82, 2.24) is 4.90 Å². The number of nitrogens with zero attached hydrogens (tertiary/aromatic N) is 1. The first-order valence-electron chi connectivity index (χ1n) is 8.58. The Morgan fingerprint density at radius 3 is 2.48 bits per heavy atom. The molecule has 0 radical (unpaired) electrons. The molecule has 0 heterocycles. The number of hydrogen-bond donors (Lipinski definition) is 1. The van der Waals surface area contributed by atoms with E-state index in [1.165, 1.54) is 5.56 Å². The van der Waals surface area contributed by atoms with Crippen molar-refractivity contribution in [2.45, 2.75) is 57.6 Å². The van der Waals surface area contributed by atoms with Crippen molar-refractivity contribution in [3.8, 4) is 0 Å². The van der Waals surface area contributed by atoms with Crippen LogP contribution in [-0.2, 0) is 4.74 Å². The number of carbonyl (C=O) groups excluding carboxylic acids is 1. The molecule has 126 valence electrons. The molecule has 1 aromatic rings. The van der Waals surface area contributed by atoms with Crippen molar-refractivity contribution >= 4 is 6.09 Å². The van der Waals surface area contributed by atoms with Gasteiger partial charge in [-0.3, -0.25) is 0 Å². The highest BCUT2D eigenvalue weighted by Crippen LogP contribution is 2.50. The molecule has 3 rings (SSSR count). The van der Waals surface area contributed by atoms with E-state index in [2.05, 4.69) is 24.3 Å². The predicted molar refractivity (Wildman–Crippen MR) is 91.2 cm³/mol. The summed E-state index contributed by atoms with van der Waals surface area (Å²) >= 11 is 0. The molecule has 4 nitrogen and oxygen atoms in total. The zero-order valence-corrected chi connectivity index (χ0v) is 14.4. The monoisotopic (exact) mass is 316 g/mol. The lowest BCUT2D eigenvalue weighted by molar-refractivity contribution is 0.0190. The molecule has 0 bridgehead atoms. The molecule has 4 heteroatoms. The van der Waals surface area contributed by atoms with Gasteiger partial charge >= 0.3 is 6.09 Å². The maximum absolute atomic E-state index is 12.7. The van der Waals surface area contributed by atoms with E-state index in [1.54, 1.807) is 0 Å². The summed E-state index contributed by atoms with van der Waals surface area (Å²) in [5.41, 5.74) is 6.90. The zero-order chi connectivity index (χ0) is 16.7. The van der Waals surface area contributed by atoms with E-state index in [1.807, 2.05) is 31.7 Å². The molecule has 0 spiro atoms. The van der Waals surface area contributed by atoms with E-state index < -0.39 is 5.60 Å². The molecule has 1 amide bonds. The van der Waals surface area contributed by atoms with Gasteiger partial charge in [-0.05, 0) is 52.1 Å². The third-order valence-electron chi connectivity index (χ3n) is 4.91. The number of hydrogen-bond acceptors (Lipinski definition) is 3. The molecule has 1 unspecified atom stereocenters. The third kappa shape index (κ3) is 3.86. The molecule has 0 saturated heterocycles. The molecule has 2 atom stereocenters. The fourth-order valence-electron chi connectivity index (χ4n) is 3.19. The summed E-state index contributed by atoms with van der Waals surface area (Å²) in [7, 11) is 0. The smallest absolute Gasteiger partial charge is 0.410 e. The molecule has 1 aromatic carbocycles. The minimum atomic E-state index is -0.466. The summed E-state index contributed by atoms with van der Waals surface area (Å²) in [6.07, 6.45) is 3.06. The summed E-state index contributed by atoms with van der Waals surface area (Å²) in [6.45, 7) is 7.13. The van der Waals surface area contributed by atoms with E-state index in [9.17, 15) is 4.79 Å². The van der Waals surface area contributed by atoms with Gasteiger partial charge in [0.2, 0.25) is 0 Å². The molecule has 2 aliphatic carbocycles. The Labute approximate surface area is 139 Å². The van der Waals surface area contributed by atoms with Gasteiger partial charge in [-0.1, -0.05) is 30.3 Å². The second-order valence-corrected chi connectivity index (χ2v) is 8.13. The van der Waals surface area contributed by atoms with Crippen molar-refractivity contribution in [2.75, 3.05) is 13.1 Å². The number of carbonyl (C=O) groups is 1. The average Bonchev–Trinajstić information content (AvgIpc) is 3.39. The third-order valence-corrected chi connectivity index (χ3v) is 4.91. The van der Waals surface area contributed by atoms with Crippen molar-refractivity contribution < 1.29 is 9.53 Å². The maximum atomic E-state index is 12.7. The van der Waals surface area contributed by atoms with Crippen LogP contribution in [0.3, 0.4) is 0 Å². The lowest BCUT2D eigenvalue weighted by atomic mass is 10.1. The van der Waals surface area contributed by atoms with Crippen LogP contribution in [0.1, 0.15) is 51.5 Å². The standard InChI is InChI=1S/C19H28N2O2/c1-18(2,3)23-17(22)21(13-19(12-20)9-10-19)16-11-15(16)14-7-5-4-6-8-14/h4-8,15-16H,9-13,20H2,1-3H3/t15?,16-/m0/s1. The van der Waals surface area contributed by atoms with Gasteiger partial charge in [-0.15, -0.1) is 0 Å². The molecule has 2 fully saturated rings. The predicted octanol–water partition coefficient (Wildman–Crippen LogP) is 3.52. The van der Waals surface area contributed by atoms with Crippen LogP contribution in [0.4, 0.5) is 4.79 Å². The summed E-state index contributed by atoms with van der Waals surface area (Å²) in [4.78, 5) is 14.6. The summed E-state index contributed by atoms with van der Waals surface area (Å²) in [5.74, 6) is 0.428. The molecular weight excluding hydrogens is 288 g/mol. The molecule has 23 heavy (non-hydrogen) atoms. The van der Waals surface area contributed by atoms with Crippen LogP contribution in [-0.4, -0.2) is 35.7 Å². The lowest BCUT2D eigenvalue weighted by Gasteiger charge is -2.30. The highest BCUT2D eigenvalue weighted by Gasteiger charge is 2.51. The first-order valence-corrected chi connectivity index (χ1v) is 8.58. The SMILES string of the molecule is CC(C)(C)OC(=O)N(CC1(CN)CC1)[C@H]1CC1c1ccccc1. The number of ether oxygens (including phenoxy) is 1. The minimum absolute atomic E-state index is 0.126. The second-order valence-electron chi connectivity index (χ2n) is 8.13. The number of rotatable bonds is 5. The van der Waals surface area contributed by atoms with Crippen molar-refractivity contribution in [1.29, 1.82) is 0 Å². The van der Waals surface area contributed by atoms with Crippen LogP contribution in [0.25, 0.3) is 0 Å². The summed E-state index contributed by atoms with van der Waals surface area (Å²) in [6, 6.07) is 10.7. The molecule has 0 aliphatic heterocycles. The highest BCUT2D eigenvalue weighted by molar-refractivity contribution is 5.69. The Morgan fingerprint density at radius 1 is 1.30 bits per heavy atom. The number of amides is 1. The average molecular weight is 316 g/mol. The Bertz CT molecular complexity index is 560. The number of nitrogens with two attached hydrogens (primary N) is 1. The zero-order valence-electron chi connectivity index (χ0n) is 14.4. The quantitative estimate of drug-likeness (QED) is 0.904. The minimum Gasteiger partial charge on any atom is -0.444 e. The summed E-state index contributed by atoms with van der Waals surface area (Å²) in [5, 5.41) is 0. The van der Waals surface area contributed by atoms with Crippen molar-refractivity contribution in [2.24, 2.45) is 11.1 Å². The lowest BCUT2D eigenvalue weighted by Crippen LogP contribution is -2.43. The second kappa shape index (κ2) is 5.82.